The van der Waals surface area contributed by atoms with Crippen LogP contribution in [0.3, 0.4) is 0 Å². The Morgan fingerprint density at radius 1 is 0.938 bits per heavy atom. The number of nitrogens with zero attached hydrogens (tertiary/aromatic N) is 1. The summed E-state index contributed by atoms with van der Waals surface area (Å²) in [5.41, 5.74) is 4.22. The first-order chi connectivity index (χ1) is 7.86. The van der Waals surface area contributed by atoms with Crippen LogP contribution in [0.2, 0.25) is 0 Å². The van der Waals surface area contributed by atoms with E-state index in [0.29, 0.717) is 0 Å². The van der Waals surface area contributed by atoms with Crippen LogP contribution in [0.25, 0.3) is 11.1 Å². The second-order valence-corrected chi connectivity index (χ2v) is 3.67. The zero-order valence-electron chi connectivity index (χ0n) is 9.27. The minimum Gasteiger partial charge on any atom is -0.192 e. The highest BCUT2D eigenvalue weighted by Crippen LogP contribution is 2.26. The van der Waals surface area contributed by atoms with Gasteiger partial charge >= 0.3 is 0 Å². The topological polar surface area (TPSA) is 23.8 Å². The maximum Gasteiger partial charge on any atom is 0.0998 e. The lowest BCUT2D eigenvalue weighted by atomic mass is 9.95. The summed E-state index contributed by atoms with van der Waals surface area (Å²) in [5, 5.41) is 9.09. The second kappa shape index (κ2) is 4.63. The number of aryl methyl sites for hydroxylation is 1. The lowest BCUT2D eigenvalue weighted by molar-refractivity contribution is 1.14. The van der Waals surface area contributed by atoms with Gasteiger partial charge in [-0.2, -0.15) is 5.26 Å². The average Bonchev–Trinajstić information content (AvgIpc) is 2.38. The van der Waals surface area contributed by atoms with Crippen molar-refractivity contribution in [1.29, 1.82) is 5.26 Å². The number of rotatable bonds is 2. The molecule has 0 bridgehead atoms. The van der Waals surface area contributed by atoms with Crippen molar-refractivity contribution < 1.29 is 0 Å². The summed E-state index contributed by atoms with van der Waals surface area (Å²) in [7, 11) is 0. The Kier molecular flexibility index (Phi) is 3.03. The van der Waals surface area contributed by atoms with Crippen LogP contribution in [0.15, 0.2) is 48.5 Å². The van der Waals surface area contributed by atoms with Gasteiger partial charge in [0.15, 0.2) is 0 Å². The van der Waals surface area contributed by atoms with Crippen molar-refractivity contribution in [3.8, 4) is 17.2 Å². The molecule has 1 nitrogen and oxygen atoms in total. The van der Waals surface area contributed by atoms with Gasteiger partial charge in [-0.05, 0) is 29.2 Å². The van der Waals surface area contributed by atoms with E-state index in [0.717, 1.165) is 17.5 Å². The highest BCUT2D eigenvalue weighted by molar-refractivity contribution is 5.73. The third kappa shape index (κ3) is 1.83. The van der Waals surface area contributed by atoms with Crippen LogP contribution in [0.5, 0.6) is 0 Å². The van der Waals surface area contributed by atoms with Gasteiger partial charge in [0.25, 0.3) is 0 Å². The highest BCUT2D eigenvalue weighted by atomic mass is 14.2. The van der Waals surface area contributed by atoms with Crippen LogP contribution in [0, 0.1) is 11.3 Å². The minimum absolute atomic E-state index is 0.739. The van der Waals surface area contributed by atoms with E-state index in [9.17, 15) is 0 Å². The average molecular weight is 207 g/mol. The van der Waals surface area contributed by atoms with Gasteiger partial charge in [0.2, 0.25) is 0 Å². The van der Waals surface area contributed by atoms with Crippen LogP contribution >= 0.6 is 0 Å². The number of benzene rings is 2. The largest absolute Gasteiger partial charge is 0.192 e. The molecule has 1 heteroatoms. The molecule has 0 atom stereocenters. The summed E-state index contributed by atoms with van der Waals surface area (Å²) in [6.07, 6.45) is 0.982. The molecule has 0 spiro atoms. The Morgan fingerprint density at radius 2 is 1.56 bits per heavy atom. The molecule has 0 aromatic heterocycles. The summed E-state index contributed by atoms with van der Waals surface area (Å²) in [5.74, 6) is 0. The van der Waals surface area contributed by atoms with E-state index >= 15 is 0 Å². The maximum atomic E-state index is 9.09. The van der Waals surface area contributed by atoms with E-state index in [-0.39, 0.29) is 0 Å². The molecule has 0 saturated heterocycles. The van der Waals surface area contributed by atoms with Crippen LogP contribution in [-0.2, 0) is 6.42 Å². The van der Waals surface area contributed by atoms with Crippen LogP contribution in [0.1, 0.15) is 18.1 Å². The zero-order chi connectivity index (χ0) is 11.4. The van der Waals surface area contributed by atoms with E-state index in [1.807, 2.05) is 36.4 Å². The fourth-order valence-corrected chi connectivity index (χ4v) is 1.91. The summed E-state index contributed by atoms with van der Waals surface area (Å²) in [4.78, 5) is 0. The van der Waals surface area contributed by atoms with Crippen molar-refractivity contribution >= 4 is 0 Å². The first-order valence-corrected chi connectivity index (χ1v) is 5.44. The Bertz CT molecular complexity index is 535. The molecule has 2 aromatic carbocycles. The molecule has 0 aliphatic heterocycles. The number of nitriles is 1. The smallest absolute Gasteiger partial charge is 0.0998 e. The van der Waals surface area contributed by atoms with E-state index in [4.69, 9.17) is 5.26 Å². The predicted molar refractivity (Wildman–Crippen MR) is 66.0 cm³/mol. The maximum absolute atomic E-state index is 9.09. The van der Waals surface area contributed by atoms with E-state index < -0.39 is 0 Å². The monoisotopic (exact) mass is 207 g/mol. The Balaban J connectivity index is 2.64. The molecule has 0 heterocycles. The Morgan fingerprint density at radius 3 is 2.25 bits per heavy atom. The van der Waals surface area contributed by atoms with Gasteiger partial charge in [0.1, 0.15) is 0 Å². The van der Waals surface area contributed by atoms with Gasteiger partial charge in [0.05, 0.1) is 11.6 Å². The van der Waals surface area contributed by atoms with E-state index in [2.05, 4.69) is 25.1 Å². The molecule has 2 aromatic rings. The standard InChI is InChI=1S/C15H13N/c1-2-12-7-3-5-9-14(12)15-10-6-4-8-13(15)11-16/h3-10H,2H2,1H3. The lowest BCUT2D eigenvalue weighted by Gasteiger charge is -2.08. The van der Waals surface area contributed by atoms with Crippen LogP contribution < -0.4 is 0 Å². The molecule has 78 valence electrons. The molecule has 0 aliphatic rings. The van der Waals surface area contributed by atoms with Crippen molar-refractivity contribution in [2.24, 2.45) is 0 Å². The van der Waals surface area contributed by atoms with Crippen LogP contribution in [-0.4, -0.2) is 0 Å². The third-order valence-electron chi connectivity index (χ3n) is 2.74. The fourth-order valence-electron chi connectivity index (χ4n) is 1.91. The summed E-state index contributed by atoms with van der Waals surface area (Å²) >= 11 is 0. The molecule has 0 N–H and O–H groups in total. The Hall–Kier alpha value is -2.07. The first kappa shape index (κ1) is 10.4. The third-order valence-corrected chi connectivity index (χ3v) is 2.74. The van der Waals surface area contributed by atoms with Gasteiger partial charge in [0, 0.05) is 0 Å². The molecular formula is C15H13N. The van der Waals surface area contributed by atoms with E-state index in [1.165, 1.54) is 11.1 Å². The highest BCUT2D eigenvalue weighted by Gasteiger charge is 2.06. The fraction of sp³-hybridized carbons (Fsp3) is 0.133. The second-order valence-electron chi connectivity index (χ2n) is 3.67. The molecule has 0 fully saturated rings. The first-order valence-electron chi connectivity index (χ1n) is 5.44. The van der Waals surface area contributed by atoms with Crippen molar-refractivity contribution in [2.45, 2.75) is 13.3 Å². The number of hydrogen-bond acceptors (Lipinski definition) is 1. The minimum atomic E-state index is 0.739. The van der Waals surface area contributed by atoms with Gasteiger partial charge < -0.3 is 0 Å². The van der Waals surface area contributed by atoms with Crippen molar-refractivity contribution in [1.82, 2.24) is 0 Å². The molecular weight excluding hydrogens is 194 g/mol. The summed E-state index contributed by atoms with van der Waals surface area (Å²) in [6, 6.07) is 18.2. The summed E-state index contributed by atoms with van der Waals surface area (Å²) < 4.78 is 0. The normalized spacial score (nSPS) is 9.75. The Labute approximate surface area is 96.0 Å². The van der Waals surface area contributed by atoms with Gasteiger partial charge in [-0.15, -0.1) is 0 Å². The molecule has 16 heavy (non-hydrogen) atoms. The molecule has 2 rings (SSSR count). The SMILES string of the molecule is CCc1ccccc1-c1ccccc1C#N. The van der Waals surface area contributed by atoms with E-state index in [1.54, 1.807) is 0 Å². The van der Waals surface area contributed by atoms with Gasteiger partial charge in [-0.3, -0.25) is 0 Å². The van der Waals surface area contributed by atoms with Gasteiger partial charge in [-0.1, -0.05) is 49.4 Å². The van der Waals surface area contributed by atoms with Crippen LogP contribution in [0.4, 0.5) is 0 Å². The molecule has 0 aliphatic carbocycles. The van der Waals surface area contributed by atoms with Crippen molar-refractivity contribution in [3.05, 3.63) is 59.7 Å². The molecule has 0 amide bonds. The number of hydrogen-bond donors (Lipinski definition) is 0. The van der Waals surface area contributed by atoms with Gasteiger partial charge in [-0.25, -0.2) is 0 Å². The molecule has 0 unspecified atom stereocenters. The predicted octanol–water partition coefficient (Wildman–Crippen LogP) is 3.79. The van der Waals surface area contributed by atoms with Crippen molar-refractivity contribution in [2.75, 3.05) is 0 Å². The quantitative estimate of drug-likeness (QED) is 0.735. The molecule has 0 radical (unpaired) electrons. The van der Waals surface area contributed by atoms with Crippen molar-refractivity contribution in [3.63, 3.8) is 0 Å². The zero-order valence-corrected chi connectivity index (χ0v) is 9.27. The lowest BCUT2D eigenvalue weighted by Crippen LogP contribution is -1.89. The molecule has 0 saturated carbocycles. The summed E-state index contributed by atoms with van der Waals surface area (Å²) in [6.45, 7) is 2.13.